The van der Waals surface area contributed by atoms with Crippen LogP contribution in [-0.4, -0.2) is 12.6 Å². The first-order chi connectivity index (χ1) is 12.6. The molecule has 0 saturated carbocycles. The third kappa shape index (κ3) is 3.49. The van der Waals surface area contributed by atoms with Gasteiger partial charge in [-0.1, -0.05) is 72.3 Å². The van der Waals surface area contributed by atoms with Crippen LogP contribution >= 0.6 is 7.14 Å². The molecule has 3 aromatic rings. The molecule has 3 rings (SSSR count). The van der Waals surface area contributed by atoms with Gasteiger partial charge >= 0.3 is 5.97 Å². The van der Waals surface area contributed by atoms with Crippen LogP contribution in [-0.2, 0) is 9.30 Å². The second-order valence-electron chi connectivity index (χ2n) is 6.05. The van der Waals surface area contributed by atoms with Gasteiger partial charge in [0.15, 0.2) is 7.14 Å². The Morgan fingerprint density at radius 1 is 0.808 bits per heavy atom. The summed E-state index contributed by atoms with van der Waals surface area (Å²) in [6.45, 7) is 4.10. The number of carbonyl (C=O) groups excluding carboxylic acids is 1. The summed E-state index contributed by atoms with van der Waals surface area (Å²) in [6, 6.07) is 24.1. The van der Waals surface area contributed by atoms with Crippen LogP contribution in [0, 0.1) is 6.92 Å². The normalized spacial score (nSPS) is 13.0. The van der Waals surface area contributed by atoms with E-state index in [9.17, 15) is 9.36 Å². The fourth-order valence-electron chi connectivity index (χ4n) is 2.86. The molecule has 0 amide bonds. The molecule has 0 radical (unpaired) electrons. The lowest BCUT2D eigenvalue weighted by Crippen LogP contribution is -2.25. The molecule has 0 aliphatic carbocycles. The molecule has 0 fully saturated rings. The van der Waals surface area contributed by atoms with Gasteiger partial charge in [-0.2, -0.15) is 0 Å². The van der Waals surface area contributed by atoms with Gasteiger partial charge < -0.3 is 9.30 Å². The molecule has 3 nitrogen and oxygen atoms in total. The maximum absolute atomic E-state index is 14.2. The topological polar surface area (TPSA) is 43.4 Å². The molecule has 0 aromatic heterocycles. The Hall–Kier alpha value is -2.64. The van der Waals surface area contributed by atoms with Crippen molar-refractivity contribution in [2.24, 2.45) is 0 Å². The predicted octanol–water partition coefficient (Wildman–Crippen LogP) is 3.81. The molecule has 0 aliphatic rings. The standard InChI is InChI=1S/C22H21O3P/c1-3-25-22(23)18-11-15-21(16-12-18)26(24,19-7-5-4-6-8-19)20-13-9-17(2)10-14-20/h4-16H,3H2,1-2H3. The minimum atomic E-state index is -3.01. The highest BCUT2D eigenvalue weighted by Gasteiger charge is 2.29. The highest BCUT2D eigenvalue weighted by Crippen LogP contribution is 2.42. The number of hydrogen-bond acceptors (Lipinski definition) is 3. The first-order valence-electron chi connectivity index (χ1n) is 8.56. The lowest BCUT2D eigenvalue weighted by Gasteiger charge is -2.20. The van der Waals surface area contributed by atoms with E-state index in [0.717, 1.165) is 16.2 Å². The van der Waals surface area contributed by atoms with Gasteiger partial charge in [-0.3, -0.25) is 0 Å². The minimum absolute atomic E-state index is 0.326. The van der Waals surface area contributed by atoms with Crippen LogP contribution in [0.5, 0.6) is 0 Å². The van der Waals surface area contributed by atoms with E-state index in [4.69, 9.17) is 4.74 Å². The SMILES string of the molecule is CCOC(=O)c1ccc(P(=O)(c2ccccc2)c2ccc(C)cc2)cc1. The van der Waals surface area contributed by atoms with Crippen LogP contribution in [0.4, 0.5) is 0 Å². The Labute approximate surface area is 154 Å². The number of ether oxygens (including phenoxy) is 1. The summed E-state index contributed by atoms with van der Waals surface area (Å²) in [4.78, 5) is 11.9. The van der Waals surface area contributed by atoms with Gasteiger partial charge in [0.25, 0.3) is 0 Å². The second kappa shape index (κ2) is 7.72. The van der Waals surface area contributed by atoms with Crippen LogP contribution in [0.15, 0.2) is 78.9 Å². The monoisotopic (exact) mass is 364 g/mol. The summed E-state index contributed by atoms with van der Waals surface area (Å²) in [6.07, 6.45) is 0. The number of rotatable bonds is 5. The van der Waals surface area contributed by atoms with Crippen molar-refractivity contribution in [1.82, 2.24) is 0 Å². The van der Waals surface area contributed by atoms with Crippen molar-refractivity contribution in [1.29, 1.82) is 0 Å². The largest absolute Gasteiger partial charge is 0.462 e. The molecular formula is C22H21O3P. The molecular weight excluding hydrogens is 343 g/mol. The number of carbonyl (C=O) groups is 1. The molecule has 0 aliphatic heterocycles. The maximum atomic E-state index is 14.2. The molecule has 4 heteroatoms. The van der Waals surface area contributed by atoms with Gasteiger partial charge in [0.2, 0.25) is 0 Å². The zero-order valence-electron chi connectivity index (χ0n) is 14.9. The fourth-order valence-corrected chi connectivity index (χ4v) is 5.49. The van der Waals surface area contributed by atoms with Crippen LogP contribution in [0.25, 0.3) is 0 Å². The molecule has 0 N–H and O–H groups in total. The van der Waals surface area contributed by atoms with E-state index < -0.39 is 7.14 Å². The van der Waals surface area contributed by atoms with E-state index in [1.54, 1.807) is 31.2 Å². The Balaban J connectivity index is 2.11. The van der Waals surface area contributed by atoms with Gasteiger partial charge in [-0.25, -0.2) is 4.79 Å². The average Bonchev–Trinajstić information content (AvgIpc) is 2.69. The van der Waals surface area contributed by atoms with Gasteiger partial charge in [0, 0.05) is 15.9 Å². The Kier molecular flexibility index (Phi) is 5.39. The summed E-state index contributed by atoms with van der Waals surface area (Å²) in [5, 5.41) is 2.24. The highest BCUT2D eigenvalue weighted by molar-refractivity contribution is 7.85. The predicted molar refractivity (Wildman–Crippen MR) is 107 cm³/mol. The number of benzene rings is 3. The first-order valence-corrected chi connectivity index (χ1v) is 10.3. The lowest BCUT2D eigenvalue weighted by molar-refractivity contribution is 0.0526. The summed E-state index contributed by atoms with van der Waals surface area (Å²) in [5.74, 6) is -0.371. The molecule has 0 heterocycles. The number of esters is 1. The van der Waals surface area contributed by atoms with Gasteiger partial charge in [-0.05, 0) is 26.0 Å². The lowest BCUT2D eigenvalue weighted by atomic mass is 10.2. The van der Waals surface area contributed by atoms with E-state index in [1.165, 1.54) is 0 Å². The maximum Gasteiger partial charge on any atom is 0.338 e. The molecule has 1 atom stereocenters. The van der Waals surface area contributed by atoms with Crippen molar-refractivity contribution in [2.45, 2.75) is 13.8 Å². The smallest absolute Gasteiger partial charge is 0.338 e. The van der Waals surface area contributed by atoms with E-state index in [1.807, 2.05) is 61.5 Å². The van der Waals surface area contributed by atoms with E-state index in [-0.39, 0.29) is 5.97 Å². The average molecular weight is 364 g/mol. The van der Waals surface area contributed by atoms with Crippen LogP contribution < -0.4 is 15.9 Å². The van der Waals surface area contributed by atoms with Crippen molar-refractivity contribution < 1.29 is 14.1 Å². The Morgan fingerprint density at radius 3 is 1.85 bits per heavy atom. The van der Waals surface area contributed by atoms with E-state index in [2.05, 4.69) is 0 Å². The van der Waals surface area contributed by atoms with E-state index in [0.29, 0.717) is 17.5 Å². The third-order valence-corrected chi connectivity index (χ3v) is 7.34. The minimum Gasteiger partial charge on any atom is -0.462 e. The summed E-state index contributed by atoms with van der Waals surface area (Å²) in [5.41, 5.74) is 1.57. The molecule has 1 unspecified atom stereocenters. The molecule has 132 valence electrons. The van der Waals surface area contributed by atoms with Crippen molar-refractivity contribution in [2.75, 3.05) is 6.61 Å². The molecule has 3 aromatic carbocycles. The fraction of sp³-hybridized carbons (Fsp3) is 0.136. The van der Waals surface area contributed by atoms with Crippen molar-refractivity contribution in [3.63, 3.8) is 0 Å². The third-order valence-electron chi connectivity index (χ3n) is 4.26. The quantitative estimate of drug-likeness (QED) is 0.511. The summed E-state index contributed by atoms with van der Waals surface area (Å²) < 4.78 is 19.2. The molecule has 0 bridgehead atoms. The first kappa shape index (κ1) is 18.2. The summed E-state index contributed by atoms with van der Waals surface area (Å²) in [7, 11) is -3.01. The number of hydrogen-bond donors (Lipinski definition) is 0. The van der Waals surface area contributed by atoms with Gasteiger partial charge in [-0.15, -0.1) is 0 Å². The second-order valence-corrected chi connectivity index (χ2v) is 8.82. The zero-order valence-corrected chi connectivity index (χ0v) is 15.8. The van der Waals surface area contributed by atoms with Crippen LogP contribution in [0.3, 0.4) is 0 Å². The van der Waals surface area contributed by atoms with Crippen LogP contribution in [0.1, 0.15) is 22.8 Å². The molecule has 0 saturated heterocycles. The van der Waals surface area contributed by atoms with Gasteiger partial charge in [0.05, 0.1) is 12.2 Å². The van der Waals surface area contributed by atoms with E-state index >= 15 is 0 Å². The Morgan fingerprint density at radius 2 is 1.31 bits per heavy atom. The molecule has 26 heavy (non-hydrogen) atoms. The highest BCUT2D eigenvalue weighted by atomic mass is 31.2. The zero-order chi connectivity index (χ0) is 18.6. The summed E-state index contributed by atoms with van der Waals surface area (Å²) >= 11 is 0. The van der Waals surface area contributed by atoms with Gasteiger partial charge in [0.1, 0.15) is 0 Å². The number of aryl methyl sites for hydroxylation is 1. The van der Waals surface area contributed by atoms with Crippen molar-refractivity contribution >= 4 is 29.0 Å². The van der Waals surface area contributed by atoms with Crippen molar-refractivity contribution in [3.8, 4) is 0 Å². The molecule has 0 spiro atoms. The Bertz CT molecular complexity index is 929. The van der Waals surface area contributed by atoms with Crippen LogP contribution in [0.2, 0.25) is 0 Å². The van der Waals surface area contributed by atoms with Crippen molar-refractivity contribution in [3.05, 3.63) is 90.0 Å².